The van der Waals surface area contributed by atoms with Gasteiger partial charge in [0.15, 0.2) is 5.69 Å². The van der Waals surface area contributed by atoms with Crippen molar-refractivity contribution in [3.05, 3.63) is 81.5 Å². The van der Waals surface area contributed by atoms with Crippen LogP contribution in [0.1, 0.15) is 22.3 Å². The number of benzene rings is 3. The van der Waals surface area contributed by atoms with Crippen LogP contribution < -0.4 is 5.32 Å². The molecule has 0 saturated carbocycles. The second kappa shape index (κ2) is 9.99. The van der Waals surface area contributed by atoms with E-state index in [2.05, 4.69) is 15.5 Å². The lowest BCUT2D eigenvalue weighted by molar-refractivity contribution is -0.115. The molecule has 0 atom stereocenters. The Morgan fingerprint density at radius 1 is 1.08 bits per heavy atom. The number of phenolic OH excluding ortho intramolecular Hbond substituents is 1. The Hall–Kier alpha value is -4.09. The van der Waals surface area contributed by atoms with Gasteiger partial charge in [0.1, 0.15) is 28.2 Å². The third-order valence-electron chi connectivity index (χ3n) is 6.13. The van der Waals surface area contributed by atoms with E-state index in [4.69, 9.17) is 12.2 Å². The highest BCUT2D eigenvalue weighted by Gasteiger charge is 2.23. The van der Waals surface area contributed by atoms with Crippen LogP contribution in [0.25, 0.3) is 22.7 Å². The van der Waals surface area contributed by atoms with Crippen molar-refractivity contribution in [2.75, 3.05) is 0 Å². The van der Waals surface area contributed by atoms with E-state index in [1.54, 1.807) is 18.2 Å². The predicted molar refractivity (Wildman–Crippen MR) is 148 cm³/mol. The van der Waals surface area contributed by atoms with Crippen LogP contribution in [0.5, 0.6) is 11.6 Å². The average molecular weight is 551 g/mol. The summed E-state index contributed by atoms with van der Waals surface area (Å²) in [5, 5.41) is 32.2. The van der Waals surface area contributed by atoms with Crippen molar-refractivity contribution in [1.82, 2.24) is 9.88 Å². The first-order chi connectivity index (χ1) is 18.2. The van der Waals surface area contributed by atoms with Crippen LogP contribution in [0.4, 0.5) is 20.2 Å². The summed E-state index contributed by atoms with van der Waals surface area (Å²) in [7, 11) is 0. The molecular formula is C27H20F2N4O3S2. The Bertz CT molecular complexity index is 1710. The second-order valence-electron chi connectivity index (χ2n) is 8.68. The third-order valence-corrected chi connectivity index (χ3v) is 7.29. The number of carbonyl (C=O) groups is 1. The molecule has 5 rings (SSSR count). The number of amides is 1. The molecular weight excluding hydrogens is 530 g/mol. The van der Waals surface area contributed by atoms with E-state index >= 15 is 4.39 Å². The number of fused-ring (bicyclic) bond motifs is 1. The molecule has 3 aromatic carbocycles. The molecule has 0 unspecified atom stereocenters. The van der Waals surface area contributed by atoms with Crippen molar-refractivity contribution in [3.63, 3.8) is 0 Å². The number of thiocarbonyl (C=S) groups is 1. The van der Waals surface area contributed by atoms with Gasteiger partial charge in [0.2, 0.25) is 5.88 Å². The van der Waals surface area contributed by atoms with Gasteiger partial charge in [-0.2, -0.15) is 0 Å². The van der Waals surface area contributed by atoms with Crippen LogP contribution >= 0.6 is 24.0 Å². The van der Waals surface area contributed by atoms with Gasteiger partial charge in [0.05, 0.1) is 15.8 Å². The number of alkyl halides is 1. The predicted octanol–water partition coefficient (Wildman–Crippen LogP) is 7.17. The van der Waals surface area contributed by atoms with Crippen LogP contribution in [0.3, 0.4) is 0 Å². The third kappa shape index (κ3) is 4.66. The molecule has 1 aliphatic rings. The SMILES string of the molecule is Cc1ccc(-n2c(O)c(N=Nc3ccc(/C=C4\SC(=S)NC4=O)cc3O)c3c(F)cc(CF)cc32)cc1C. The first-order valence-corrected chi connectivity index (χ1v) is 12.6. The van der Waals surface area contributed by atoms with E-state index in [-0.39, 0.29) is 45.4 Å². The monoisotopic (exact) mass is 550 g/mol. The average Bonchev–Trinajstić information content (AvgIpc) is 3.34. The number of aryl methyl sites for hydroxylation is 2. The fourth-order valence-corrected chi connectivity index (χ4v) is 5.12. The lowest BCUT2D eigenvalue weighted by atomic mass is 10.1. The Kier molecular flexibility index (Phi) is 6.72. The summed E-state index contributed by atoms with van der Waals surface area (Å²) in [6, 6.07) is 12.4. The molecule has 0 spiro atoms. The van der Waals surface area contributed by atoms with E-state index in [0.29, 0.717) is 20.5 Å². The summed E-state index contributed by atoms with van der Waals surface area (Å²) < 4.78 is 30.4. The Labute approximate surface area is 225 Å². The molecule has 1 amide bonds. The summed E-state index contributed by atoms with van der Waals surface area (Å²) in [5.74, 6) is -1.72. The minimum atomic E-state index is -0.884. The molecule has 3 N–H and O–H groups in total. The quantitative estimate of drug-likeness (QED) is 0.139. The van der Waals surface area contributed by atoms with Crippen LogP contribution in [0, 0.1) is 19.7 Å². The first-order valence-electron chi connectivity index (χ1n) is 11.3. The van der Waals surface area contributed by atoms with Crippen molar-refractivity contribution in [3.8, 4) is 17.3 Å². The standard InChI is InChI=1S/C27H20F2N4O3S2/c1-13-3-5-17(7-14(13)2)33-20-9-16(12-28)8-18(29)23(20)24(26(33)36)32-31-19-6-4-15(10-21(19)34)11-22-25(35)30-27(37)38-22/h3-11,34,36H,12H2,1-2H3,(H,30,35,37)/b22-11-,32-31?. The molecule has 2 heterocycles. The van der Waals surface area contributed by atoms with E-state index in [0.717, 1.165) is 29.0 Å². The normalized spacial score (nSPS) is 14.8. The van der Waals surface area contributed by atoms with Crippen LogP contribution in [0.15, 0.2) is 63.7 Å². The van der Waals surface area contributed by atoms with E-state index < -0.39 is 12.5 Å². The summed E-state index contributed by atoms with van der Waals surface area (Å²) in [4.78, 5) is 12.3. The maximum absolute atomic E-state index is 15.2. The van der Waals surface area contributed by atoms with Gasteiger partial charge in [-0.25, -0.2) is 8.78 Å². The molecule has 0 bridgehead atoms. The highest BCUT2D eigenvalue weighted by Crippen LogP contribution is 2.44. The molecule has 4 aromatic rings. The molecule has 1 aliphatic heterocycles. The Balaban J connectivity index is 1.59. The first kappa shape index (κ1) is 25.6. The number of aromatic hydroxyl groups is 2. The van der Waals surface area contributed by atoms with Crippen molar-refractivity contribution >= 4 is 62.6 Å². The van der Waals surface area contributed by atoms with Gasteiger partial charge in [-0.05, 0) is 78.6 Å². The van der Waals surface area contributed by atoms with Crippen LogP contribution in [-0.4, -0.2) is 25.0 Å². The minimum Gasteiger partial charge on any atom is -0.506 e. The van der Waals surface area contributed by atoms with Crippen LogP contribution in [-0.2, 0) is 11.5 Å². The fourth-order valence-electron chi connectivity index (χ4n) is 4.08. The van der Waals surface area contributed by atoms with Gasteiger partial charge >= 0.3 is 0 Å². The summed E-state index contributed by atoms with van der Waals surface area (Å²) in [6.45, 7) is 2.97. The summed E-state index contributed by atoms with van der Waals surface area (Å²) >= 11 is 6.09. The molecule has 7 nitrogen and oxygen atoms in total. The van der Waals surface area contributed by atoms with Gasteiger partial charge < -0.3 is 15.5 Å². The second-order valence-corrected chi connectivity index (χ2v) is 10.4. The number of aromatic nitrogens is 1. The largest absolute Gasteiger partial charge is 0.506 e. The van der Waals surface area contributed by atoms with Gasteiger partial charge in [-0.3, -0.25) is 9.36 Å². The number of carbonyl (C=O) groups excluding carboxylic acids is 1. The smallest absolute Gasteiger partial charge is 0.263 e. The zero-order chi connectivity index (χ0) is 27.1. The molecule has 1 fully saturated rings. The van der Waals surface area contributed by atoms with E-state index in [9.17, 15) is 19.4 Å². The number of nitrogens with one attached hydrogen (secondary N) is 1. The van der Waals surface area contributed by atoms with Crippen molar-refractivity contribution < 1.29 is 23.8 Å². The topological polar surface area (TPSA) is 99.2 Å². The maximum atomic E-state index is 15.2. The van der Waals surface area contributed by atoms with Gasteiger partial charge in [0, 0.05) is 5.69 Å². The number of hydrogen-bond donors (Lipinski definition) is 3. The van der Waals surface area contributed by atoms with Crippen molar-refractivity contribution in [2.45, 2.75) is 20.5 Å². The lowest BCUT2D eigenvalue weighted by Crippen LogP contribution is -2.17. The molecule has 192 valence electrons. The summed E-state index contributed by atoms with van der Waals surface area (Å²) in [6.07, 6.45) is 1.57. The number of nitrogens with zero attached hydrogens (tertiary/aromatic N) is 3. The zero-order valence-corrected chi connectivity index (χ0v) is 21.8. The van der Waals surface area contributed by atoms with E-state index in [1.165, 1.54) is 22.8 Å². The molecule has 0 aliphatic carbocycles. The molecule has 38 heavy (non-hydrogen) atoms. The van der Waals surface area contributed by atoms with E-state index in [1.807, 2.05) is 26.0 Å². The fraction of sp³-hybridized carbons (Fsp3) is 0.111. The number of halogens is 2. The highest BCUT2D eigenvalue weighted by atomic mass is 32.2. The molecule has 0 radical (unpaired) electrons. The van der Waals surface area contributed by atoms with Gasteiger partial charge in [-0.15, -0.1) is 10.2 Å². The molecule has 1 aromatic heterocycles. The van der Waals surface area contributed by atoms with Crippen LogP contribution in [0.2, 0.25) is 0 Å². The number of thioether (sulfide) groups is 1. The van der Waals surface area contributed by atoms with Gasteiger partial charge in [-0.1, -0.05) is 36.1 Å². The lowest BCUT2D eigenvalue weighted by Gasteiger charge is -2.10. The van der Waals surface area contributed by atoms with Crippen molar-refractivity contribution in [2.24, 2.45) is 10.2 Å². The minimum absolute atomic E-state index is 0.0391. The number of rotatable bonds is 5. The Morgan fingerprint density at radius 3 is 2.53 bits per heavy atom. The highest BCUT2D eigenvalue weighted by molar-refractivity contribution is 8.26. The number of hydrogen-bond acceptors (Lipinski definition) is 7. The zero-order valence-electron chi connectivity index (χ0n) is 20.1. The van der Waals surface area contributed by atoms with Crippen molar-refractivity contribution in [1.29, 1.82) is 0 Å². The molecule has 11 heteroatoms. The molecule has 1 saturated heterocycles. The number of azo groups is 1. The number of phenols is 1. The summed E-state index contributed by atoms with van der Waals surface area (Å²) in [5.41, 5.74) is 3.28. The Morgan fingerprint density at radius 2 is 1.87 bits per heavy atom. The maximum Gasteiger partial charge on any atom is 0.263 e. The van der Waals surface area contributed by atoms with Gasteiger partial charge in [0.25, 0.3) is 5.91 Å².